The number of nitrogens with zero attached hydrogens (tertiary/aromatic N) is 1. The van der Waals surface area contributed by atoms with Crippen LogP contribution in [-0.2, 0) is 12.4 Å². The third-order valence-electron chi connectivity index (χ3n) is 2.62. The first-order chi connectivity index (χ1) is 10.1. The molecule has 0 radical (unpaired) electrons. The molecule has 0 atom stereocenters. The first kappa shape index (κ1) is 15.9. The number of benzene rings is 1. The average Bonchev–Trinajstić information content (AvgIpc) is 2.39. The maximum atomic E-state index is 12.8. The Labute approximate surface area is 120 Å². The van der Waals surface area contributed by atoms with Crippen LogP contribution in [0.25, 0.3) is 0 Å². The lowest BCUT2D eigenvalue weighted by molar-refractivity contribution is -0.139. The molecule has 2 rings (SSSR count). The van der Waals surface area contributed by atoms with Gasteiger partial charge in [-0.15, -0.1) is 0 Å². The van der Waals surface area contributed by atoms with Gasteiger partial charge in [0, 0.05) is 6.20 Å². The smallest absolute Gasteiger partial charge is 0.419 e. The fourth-order valence-corrected chi connectivity index (χ4v) is 1.60. The zero-order chi connectivity index (χ0) is 16.5. The highest BCUT2D eigenvalue weighted by Crippen LogP contribution is 2.40. The number of hydrogen-bond donors (Lipinski definition) is 1. The predicted octanol–water partition coefficient (Wildman–Crippen LogP) is 4.49. The minimum absolute atomic E-state index is 0.454. The van der Waals surface area contributed by atoms with E-state index in [1.807, 2.05) is 0 Å². The van der Waals surface area contributed by atoms with Gasteiger partial charge in [0.15, 0.2) is 11.6 Å². The number of ether oxygens (including phenoxy) is 1. The SMILES string of the molecule is Nc1ncc(C(F)(F)F)cc1Oc1ccccc1C(F)(F)F. The number of para-hydroxylation sites is 1. The van der Waals surface area contributed by atoms with Crippen molar-refractivity contribution in [1.82, 2.24) is 4.98 Å². The molecule has 0 aliphatic heterocycles. The molecule has 22 heavy (non-hydrogen) atoms. The van der Waals surface area contributed by atoms with Crippen LogP contribution in [0.15, 0.2) is 36.5 Å². The van der Waals surface area contributed by atoms with E-state index in [0.717, 1.165) is 18.2 Å². The number of halogens is 6. The van der Waals surface area contributed by atoms with E-state index < -0.39 is 40.8 Å². The molecule has 0 spiro atoms. The van der Waals surface area contributed by atoms with E-state index in [-0.39, 0.29) is 0 Å². The topological polar surface area (TPSA) is 48.1 Å². The van der Waals surface area contributed by atoms with Crippen molar-refractivity contribution in [3.05, 3.63) is 47.7 Å². The minimum atomic E-state index is -4.72. The van der Waals surface area contributed by atoms with Gasteiger partial charge in [0.2, 0.25) is 0 Å². The van der Waals surface area contributed by atoms with E-state index in [1.54, 1.807) is 0 Å². The first-order valence-electron chi connectivity index (χ1n) is 5.76. The van der Waals surface area contributed by atoms with Gasteiger partial charge in [0.25, 0.3) is 0 Å². The summed E-state index contributed by atoms with van der Waals surface area (Å²) < 4.78 is 81.1. The van der Waals surface area contributed by atoms with Crippen molar-refractivity contribution in [3.8, 4) is 11.5 Å². The molecule has 1 aromatic carbocycles. The van der Waals surface area contributed by atoms with Crippen LogP contribution in [-0.4, -0.2) is 4.98 Å². The Balaban J connectivity index is 2.44. The maximum absolute atomic E-state index is 12.8. The van der Waals surface area contributed by atoms with Gasteiger partial charge in [0.1, 0.15) is 5.75 Å². The van der Waals surface area contributed by atoms with E-state index in [2.05, 4.69) is 4.98 Å². The van der Waals surface area contributed by atoms with Gasteiger partial charge in [-0.1, -0.05) is 12.1 Å². The van der Waals surface area contributed by atoms with Crippen molar-refractivity contribution in [1.29, 1.82) is 0 Å². The molecule has 0 saturated heterocycles. The van der Waals surface area contributed by atoms with E-state index in [4.69, 9.17) is 10.5 Å². The molecule has 0 fully saturated rings. The maximum Gasteiger partial charge on any atom is 0.419 e. The highest BCUT2D eigenvalue weighted by Gasteiger charge is 2.35. The second kappa shape index (κ2) is 5.39. The number of nitrogens with two attached hydrogens (primary N) is 1. The van der Waals surface area contributed by atoms with Crippen LogP contribution in [0.1, 0.15) is 11.1 Å². The third-order valence-corrected chi connectivity index (χ3v) is 2.62. The lowest BCUT2D eigenvalue weighted by atomic mass is 10.2. The summed E-state index contributed by atoms with van der Waals surface area (Å²) in [5, 5.41) is 0. The van der Waals surface area contributed by atoms with Gasteiger partial charge in [-0.25, -0.2) is 4.98 Å². The Morgan fingerprint density at radius 2 is 1.55 bits per heavy atom. The summed E-state index contributed by atoms with van der Waals surface area (Å²) in [5.74, 6) is -1.72. The largest absolute Gasteiger partial charge is 0.453 e. The molecular formula is C13H8F6N2O. The van der Waals surface area contributed by atoms with Crippen LogP contribution < -0.4 is 10.5 Å². The molecule has 0 aliphatic rings. The van der Waals surface area contributed by atoms with E-state index in [1.165, 1.54) is 6.07 Å². The molecule has 118 valence electrons. The summed E-state index contributed by atoms with van der Waals surface area (Å²) in [5.41, 5.74) is 3.04. The van der Waals surface area contributed by atoms with Crippen molar-refractivity contribution in [2.24, 2.45) is 0 Å². The summed E-state index contributed by atoms with van der Waals surface area (Å²) in [7, 11) is 0. The number of alkyl halides is 6. The van der Waals surface area contributed by atoms with E-state index in [9.17, 15) is 26.3 Å². The van der Waals surface area contributed by atoms with Crippen LogP contribution in [0.5, 0.6) is 11.5 Å². The molecule has 9 heteroatoms. The highest BCUT2D eigenvalue weighted by molar-refractivity contribution is 5.51. The number of nitrogen functional groups attached to an aromatic ring is 1. The van der Waals surface area contributed by atoms with Crippen molar-refractivity contribution in [2.75, 3.05) is 5.73 Å². The standard InChI is InChI=1S/C13H8F6N2O/c14-12(15,16)7-5-10(11(20)21-6-7)22-9-4-2-1-3-8(9)13(17,18)19/h1-6H,(H2,20,21). The summed E-state index contributed by atoms with van der Waals surface area (Å²) in [6.45, 7) is 0. The van der Waals surface area contributed by atoms with Gasteiger partial charge in [0.05, 0.1) is 11.1 Å². The van der Waals surface area contributed by atoms with E-state index in [0.29, 0.717) is 12.3 Å². The van der Waals surface area contributed by atoms with Gasteiger partial charge in [-0.05, 0) is 18.2 Å². The highest BCUT2D eigenvalue weighted by atomic mass is 19.4. The molecule has 0 saturated carbocycles. The normalized spacial score (nSPS) is 12.3. The molecular weight excluding hydrogens is 314 g/mol. The van der Waals surface area contributed by atoms with Crippen molar-refractivity contribution in [2.45, 2.75) is 12.4 Å². The number of pyridine rings is 1. The molecule has 0 unspecified atom stereocenters. The van der Waals surface area contributed by atoms with Gasteiger partial charge in [-0.3, -0.25) is 0 Å². The number of rotatable bonds is 2. The zero-order valence-electron chi connectivity index (χ0n) is 10.7. The van der Waals surface area contributed by atoms with Crippen LogP contribution in [0.3, 0.4) is 0 Å². The van der Waals surface area contributed by atoms with E-state index >= 15 is 0 Å². The first-order valence-corrected chi connectivity index (χ1v) is 5.76. The monoisotopic (exact) mass is 322 g/mol. The Bertz CT molecular complexity index is 681. The molecule has 0 bridgehead atoms. The Kier molecular flexibility index (Phi) is 3.90. The van der Waals surface area contributed by atoms with Gasteiger partial charge < -0.3 is 10.5 Å². The van der Waals surface area contributed by atoms with Crippen molar-refractivity contribution < 1.29 is 31.1 Å². The molecule has 2 N–H and O–H groups in total. The lowest BCUT2D eigenvalue weighted by Gasteiger charge is -2.15. The molecule has 1 heterocycles. The quantitative estimate of drug-likeness (QED) is 0.829. The minimum Gasteiger partial charge on any atom is -0.453 e. The van der Waals surface area contributed by atoms with Crippen molar-refractivity contribution in [3.63, 3.8) is 0 Å². The van der Waals surface area contributed by atoms with Crippen LogP contribution in [0.4, 0.5) is 32.2 Å². The van der Waals surface area contributed by atoms with Gasteiger partial charge >= 0.3 is 12.4 Å². The van der Waals surface area contributed by atoms with Crippen LogP contribution >= 0.6 is 0 Å². The zero-order valence-corrected chi connectivity index (χ0v) is 10.7. The Morgan fingerprint density at radius 3 is 2.14 bits per heavy atom. The number of hydrogen-bond acceptors (Lipinski definition) is 3. The lowest BCUT2D eigenvalue weighted by Crippen LogP contribution is -2.09. The third kappa shape index (κ3) is 3.41. The van der Waals surface area contributed by atoms with Gasteiger partial charge in [-0.2, -0.15) is 26.3 Å². The fourth-order valence-electron chi connectivity index (χ4n) is 1.60. The van der Waals surface area contributed by atoms with Crippen LogP contribution in [0.2, 0.25) is 0 Å². The number of anilines is 1. The summed E-state index contributed by atoms with van der Waals surface area (Å²) in [4.78, 5) is 3.29. The molecule has 1 aromatic heterocycles. The second-order valence-corrected chi connectivity index (χ2v) is 4.20. The second-order valence-electron chi connectivity index (χ2n) is 4.20. The number of aromatic nitrogens is 1. The Morgan fingerprint density at radius 1 is 0.909 bits per heavy atom. The molecule has 0 aliphatic carbocycles. The summed E-state index contributed by atoms with van der Waals surface area (Å²) in [6.07, 6.45) is -8.97. The molecule has 0 amide bonds. The predicted molar refractivity (Wildman–Crippen MR) is 65.2 cm³/mol. The Hall–Kier alpha value is -2.45. The average molecular weight is 322 g/mol. The summed E-state index contributed by atoms with van der Waals surface area (Å²) in [6, 6.07) is 4.59. The molecule has 3 nitrogen and oxygen atoms in total. The summed E-state index contributed by atoms with van der Waals surface area (Å²) >= 11 is 0. The fraction of sp³-hybridized carbons (Fsp3) is 0.154. The molecule has 2 aromatic rings. The van der Waals surface area contributed by atoms with Crippen molar-refractivity contribution >= 4 is 5.82 Å². The van der Waals surface area contributed by atoms with Crippen LogP contribution in [0, 0.1) is 0 Å².